The second-order valence-corrected chi connectivity index (χ2v) is 2.25. The summed E-state index contributed by atoms with van der Waals surface area (Å²) in [5, 5.41) is 15.7. The normalized spacial score (nSPS) is 10.2. The van der Waals surface area contributed by atoms with Crippen LogP contribution in [0.25, 0.3) is 0 Å². The topological polar surface area (TPSA) is 77.2 Å². The molecule has 0 fully saturated rings. The van der Waals surface area contributed by atoms with Crippen molar-refractivity contribution in [2.45, 2.75) is 6.61 Å². The Morgan fingerprint density at radius 3 is 2.92 bits per heavy atom. The van der Waals surface area contributed by atoms with Crippen molar-refractivity contribution in [2.75, 3.05) is 7.11 Å². The molecule has 6 heteroatoms. The molecule has 0 radical (unpaired) electrons. The van der Waals surface area contributed by atoms with Gasteiger partial charge in [0.1, 0.15) is 0 Å². The Balaban J connectivity index is 3.03. The highest BCUT2D eigenvalue weighted by atomic mass is 16.5. The monoisotopic (exact) mass is 171 g/mol. The van der Waals surface area contributed by atoms with Gasteiger partial charge < -0.3 is 9.84 Å². The van der Waals surface area contributed by atoms with Gasteiger partial charge >= 0.3 is 5.97 Å². The van der Waals surface area contributed by atoms with Crippen LogP contribution < -0.4 is 0 Å². The number of nitrogens with zero attached hydrogens (tertiary/aromatic N) is 3. The van der Waals surface area contributed by atoms with Gasteiger partial charge in [-0.3, -0.25) is 0 Å². The second-order valence-electron chi connectivity index (χ2n) is 2.25. The minimum atomic E-state index is -1.09. The van der Waals surface area contributed by atoms with E-state index in [0.717, 1.165) is 0 Å². The molecule has 0 aliphatic rings. The number of rotatable bonds is 3. The Kier molecular flexibility index (Phi) is 2.39. The predicted octanol–water partition coefficient (Wildman–Crippen LogP) is -0.340. The molecular formula is C6H9N3O3. The third-order valence-corrected chi connectivity index (χ3v) is 1.43. The fourth-order valence-corrected chi connectivity index (χ4v) is 0.841. The molecule has 1 aromatic rings. The zero-order chi connectivity index (χ0) is 9.14. The lowest BCUT2D eigenvalue weighted by Crippen LogP contribution is -2.06. The lowest BCUT2D eigenvalue weighted by molar-refractivity contribution is 0.0684. The summed E-state index contributed by atoms with van der Waals surface area (Å²) in [4.78, 5) is 10.5. The summed E-state index contributed by atoms with van der Waals surface area (Å²) in [6.45, 7) is 0.200. The van der Waals surface area contributed by atoms with E-state index < -0.39 is 5.97 Å². The molecule has 1 aromatic heterocycles. The van der Waals surface area contributed by atoms with Crippen molar-refractivity contribution in [3.05, 3.63) is 11.4 Å². The smallest absolute Gasteiger partial charge is 0.358 e. The maximum Gasteiger partial charge on any atom is 0.358 e. The molecule has 0 unspecified atom stereocenters. The van der Waals surface area contributed by atoms with Crippen LogP contribution in [-0.4, -0.2) is 33.2 Å². The summed E-state index contributed by atoms with van der Waals surface area (Å²) >= 11 is 0. The highest BCUT2D eigenvalue weighted by Crippen LogP contribution is 2.04. The number of carboxylic acids is 1. The van der Waals surface area contributed by atoms with E-state index in [0.29, 0.717) is 5.69 Å². The molecule has 0 aliphatic heterocycles. The highest BCUT2D eigenvalue weighted by molar-refractivity contribution is 5.86. The SMILES string of the molecule is COCc1c(C(=O)O)nnn1C. The largest absolute Gasteiger partial charge is 0.476 e. The van der Waals surface area contributed by atoms with E-state index >= 15 is 0 Å². The summed E-state index contributed by atoms with van der Waals surface area (Å²) in [6.07, 6.45) is 0. The Bertz CT molecular complexity index is 294. The van der Waals surface area contributed by atoms with Gasteiger partial charge in [-0.25, -0.2) is 9.48 Å². The molecule has 0 aromatic carbocycles. The van der Waals surface area contributed by atoms with Crippen LogP contribution in [0, 0.1) is 0 Å². The molecule has 1 heterocycles. The Morgan fingerprint density at radius 2 is 2.42 bits per heavy atom. The molecular weight excluding hydrogens is 162 g/mol. The van der Waals surface area contributed by atoms with E-state index in [4.69, 9.17) is 9.84 Å². The van der Waals surface area contributed by atoms with Gasteiger partial charge in [-0.15, -0.1) is 5.10 Å². The summed E-state index contributed by atoms with van der Waals surface area (Å²) in [6, 6.07) is 0. The fraction of sp³-hybridized carbons (Fsp3) is 0.500. The number of hydrogen-bond donors (Lipinski definition) is 1. The zero-order valence-corrected chi connectivity index (χ0v) is 6.81. The summed E-state index contributed by atoms with van der Waals surface area (Å²) in [5.74, 6) is -1.09. The van der Waals surface area contributed by atoms with Crippen LogP contribution in [0.15, 0.2) is 0 Å². The number of aromatic carboxylic acids is 1. The van der Waals surface area contributed by atoms with Crippen molar-refractivity contribution in [1.29, 1.82) is 0 Å². The van der Waals surface area contributed by atoms with Gasteiger partial charge in [0.15, 0.2) is 5.69 Å². The standard InChI is InChI=1S/C6H9N3O3/c1-9-4(3-12-2)5(6(10)11)7-8-9/h3H2,1-2H3,(H,10,11). The number of carboxylic acid groups (broad SMARTS) is 1. The number of methoxy groups -OCH3 is 1. The molecule has 1 N–H and O–H groups in total. The Hall–Kier alpha value is -1.43. The zero-order valence-electron chi connectivity index (χ0n) is 6.81. The molecule has 6 nitrogen and oxygen atoms in total. The van der Waals surface area contributed by atoms with E-state index in [1.54, 1.807) is 7.05 Å². The van der Waals surface area contributed by atoms with Crippen LogP contribution in [0.3, 0.4) is 0 Å². The van der Waals surface area contributed by atoms with Crippen LogP contribution in [0.5, 0.6) is 0 Å². The van der Waals surface area contributed by atoms with Gasteiger partial charge in [-0.05, 0) is 0 Å². The van der Waals surface area contributed by atoms with Crippen LogP contribution >= 0.6 is 0 Å². The van der Waals surface area contributed by atoms with Crippen molar-refractivity contribution >= 4 is 5.97 Å². The average Bonchev–Trinajstić information content (AvgIpc) is 2.34. The number of hydrogen-bond acceptors (Lipinski definition) is 4. The number of aryl methyl sites for hydroxylation is 1. The van der Waals surface area contributed by atoms with Gasteiger partial charge in [0.05, 0.1) is 12.3 Å². The molecule has 66 valence electrons. The highest BCUT2D eigenvalue weighted by Gasteiger charge is 2.16. The van der Waals surface area contributed by atoms with Crippen LogP contribution in [-0.2, 0) is 18.4 Å². The summed E-state index contributed by atoms with van der Waals surface area (Å²) < 4.78 is 6.18. The minimum Gasteiger partial charge on any atom is -0.476 e. The van der Waals surface area contributed by atoms with Gasteiger partial charge in [-0.2, -0.15) is 0 Å². The summed E-state index contributed by atoms with van der Waals surface area (Å²) in [7, 11) is 3.10. The molecule has 0 bridgehead atoms. The first-order valence-corrected chi connectivity index (χ1v) is 3.27. The molecule has 0 saturated heterocycles. The van der Waals surface area contributed by atoms with Crippen molar-refractivity contribution in [3.63, 3.8) is 0 Å². The number of carbonyl (C=O) groups is 1. The number of ether oxygens (including phenoxy) is 1. The van der Waals surface area contributed by atoms with E-state index in [-0.39, 0.29) is 12.3 Å². The van der Waals surface area contributed by atoms with Crippen LogP contribution in [0.4, 0.5) is 0 Å². The minimum absolute atomic E-state index is 0.0562. The van der Waals surface area contributed by atoms with E-state index in [1.807, 2.05) is 0 Å². The van der Waals surface area contributed by atoms with Crippen LogP contribution in [0.1, 0.15) is 16.2 Å². The van der Waals surface area contributed by atoms with Crippen molar-refractivity contribution < 1.29 is 14.6 Å². The van der Waals surface area contributed by atoms with E-state index in [2.05, 4.69) is 10.3 Å². The Labute approximate surface area is 68.8 Å². The lowest BCUT2D eigenvalue weighted by atomic mass is 10.3. The third-order valence-electron chi connectivity index (χ3n) is 1.43. The molecule has 0 aliphatic carbocycles. The predicted molar refractivity (Wildman–Crippen MR) is 38.7 cm³/mol. The van der Waals surface area contributed by atoms with Crippen molar-refractivity contribution in [2.24, 2.45) is 7.05 Å². The van der Waals surface area contributed by atoms with Gasteiger partial charge in [0.25, 0.3) is 0 Å². The van der Waals surface area contributed by atoms with Crippen molar-refractivity contribution in [1.82, 2.24) is 15.0 Å². The summed E-state index contributed by atoms with van der Waals surface area (Å²) in [5.41, 5.74) is 0.407. The van der Waals surface area contributed by atoms with Crippen molar-refractivity contribution in [3.8, 4) is 0 Å². The molecule has 0 saturated carbocycles. The fourth-order valence-electron chi connectivity index (χ4n) is 0.841. The molecule has 0 atom stereocenters. The van der Waals surface area contributed by atoms with Gasteiger partial charge in [0.2, 0.25) is 0 Å². The Morgan fingerprint density at radius 1 is 1.75 bits per heavy atom. The molecule has 12 heavy (non-hydrogen) atoms. The molecule has 0 amide bonds. The number of aromatic nitrogens is 3. The quantitative estimate of drug-likeness (QED) is 0.673. The maximum absolute atomic E-state index is 10.5. The van der Waals surface area contributed by atoms with E-state index in [9.17, 15) is 4.79 Å². The van der Waals surface area contributed by atoms with Gasteiger partial charge in [0, 0.05) is 14.2 Å². The van der Waals surface area contributed by atoms with Gasteiger partial charge in [-0.1, -0.05) is 5.21 Å². The first-order valence-electron chi connectivity index (χ1n) is 3.27. The maximum atomic E-state index is 10.5. The third kappa shape index (κ3) is 1.42. The first-order chi connectivity index (χ1) is 5.66. The van der Waals surface area contributed by atoms with E-state index in [1.165, 1.54) is 11.8 Å². The van der Waals surface area contributed by atoms with Crippen LogP contribution in [0.2, 0.25) is 0 Å². The lowest BCUT2D eigenvalue weighted by Gasteiger charge is -1.98. The molecule has 0 spiro atoms. The first kappa shape index (κ1) is 8.66. The average molecular weight is 171 g/mol. The second kappa shape index (κ2) is 3.31. The molecule has 1 rings (SSSR count).